The SMILES string of the molecule is CC(C)(C)n1nnnc1CNC(C1CCCO1)C1(CO)CCC1. The van der Waals surface area contributed by atoms with Gasteiger partial charge in [0.15, 0.2) is 5.82 Å². The number of rotatable bonds is 6. The van der Waals surface area contributed by atoms with Gasteiger partial charge in [-0.25, -0.2) is 4.68 Å². The molecular weight excluding hydrogens is 294 g/mol. The van der Waals surface area contributed by atoms with Crippen LogP contribution >= 0.6 is 0 Å². The van der Waals surface area contributed by atoms with Crippen molar-refractivity contribution in [2.45, 2.75) is 77.1 Å². The third-order valence-corrected chi connectivity index (χ3v) is 5.31. The lowest BCUT2D eigenvalue weighted by Gasteiger charge is -2.48. The van der Waals surface area contributed by atoms with Crippen molar-refractivity contribution < 1.29 is 9.84 Å². The van der Waals surface area contributed by atoms with Gasteiger partial charge in [0.25, 0.3) is 0 Å². The number of aliphatic hydroxyl groups excluding tert-OH is 1. The predicted octanol–water partition coefficient (Wildman–Crippen LogP) is 1.23. The van der Waals surface area contributed by atoms with E-state index in [0.29, 0.717) is 6.54 Å². The van der Waals surface area contributed by atoms with E-state index in [1.54, 1.807) is 0 Å². The van der Waals surface area contributed by atoms with Crippen LogP contribution in [-0.4, -0.2) is 50.7 Å². The fourth-order valence-corrected chi connectivity index (χ4v) is 3.84. The minimum Gasteiger partial charge on any atom is -0.396 e. The lowest BCUT2D eigenvalue weighted by Crippen LogP contribution is -2.57. The highest BCUT2D eigenvalue weighted by molar-refractivity contribution is 5.02. The molecule has 7 nitrogen and oxygen atoms in total. The molecule has 0 aromatic carbocycles. The van der Waals surface area contributed by atoms with Crippen LogP contribution in [-0.2, 0) is 16.8 Å². The zero-order valence-corrected chi connectivity index (χ0v) is 14.5. The zero-order chi connectivity index (χ0) is 16.5. The van der Waals surface area contributed by atoms with Gasteiger partial charge in [-0.3, -0.25) is 0 Å². The summed E-state index contributed by atoms with van der Waals surface area (Å²) >= 11 is 0. The summed E-state index contributed by atoms with van der Waals surface area (Å²) in [6, 6.07) is 0.161. The Kier molecular flexibility index (Phi) is 4.71. The first-order chi connectivity index (χ1) is 11.0. The number of ether oxygens (including phenoxy) is 1. The number of hydrogen-bond donors (Lipinski definition) is 2. The summed E-state index contributed by atoms with van der Waals surface area (Å²) in [5, 5.41) is 25.7. The Morgan fingerprint density at radius 1 is 1.39 bits per heavy atom. The highest BCUT2D eigenvalue weighted by atomic mass is 16.5. The average Bonchev–Trinajstić information content (AvgIpc) is 3.11. The third-order valence-electron chi connectivity index (χ3n) is 5.31. The van der Waals surface area contributed by atoms with E-state index in [0.717, 1.165) is 38.1 Å². The molecular formula is C16H29N5O2. The van der Waals surface area contributed by atoms with E-state index in [4.69, 9.17) is 4.74 Å². The van der Waals surface area contributed by atoms with Crippen molar-refractivity contribution in [3.05, 3.63) is 5.82 Å². The lowest BCUT2D eigenvalue weighted by molar-refractivity contribution is -0.0520. The van der Waals surface area contributed by atoms with Crippen molar-refractivity contribution in [3.63, 3.8) is 0 Å². The standard InChI is InChI=1S/C16H29N5O2/c1-15(2,3)21-13(18-19-20-21)10-17-14(12-6-4-9-23-12)16(11-22)7-5-8-16/h12,14,17,22H,4-11H2,1-3H3. The molecule has 2 N–H and O–H groups in total. The Balaban J connectivity index is 1.73. The van der Waals surface area contributed by atoms with Crippen LogP contribution in [0.1, 0.15) is 58.7 Å². The third kappa shape index (κ3) is 3.27. The fourth-order valence-electron chi connectivity index (χ4n) is 3.84. The van der Waals surface area contributed by atoms with Crippen LogP contribution in [0.4, 0.5) is 0 Å². The Morgan fingerprint density at radius 3 is 2.70 bits per heavy atom. The number of hydrogen-bond acceptors (Lipinski definition) is 6. The first-order valence-electron chi connectivity index (χ1n) is 8.70. The molecule has 2 fully saturated rings. The van der Waals surface area contributed by atoms with Crippen LogP contribution in [0.25, 0.3) is 0 Å². The van der Waals surface area contributed by atoms with Gasteiger partial charge in [0, 0.05) is 18.1 Å². The van der Waals surface area contributed by atoms with E-state index in [1.165, 1.54) is 6.42 Å². The Bertz CT molecular complexity index is 509. The molecule has 1 saturated heterocycles. The first kappa shape index (κ1) is 16.8. The number of aliphatic hydroxyl groups is 1. The van der Waals surface area contributed by atoms with E-state index < -0.39 is 0 Å². The van der Waals surface area contributed by atoms with E-state index in [2.05, 4.69) is 41.6 Å². The lowest BCUT2D eigenvalue weighted by atomic mass is 9.63. The van der Waals surface area contributed by atoms with Crippen molar-refractivity contribution in [2.24, 2.45) is 5.41 Å². The molecule has 2 atom stereocenters. The van der Waals surface area contributed by atoms with Crippen molar-refractivity contribution in [3.8, 4) is 0 Å². The van der Waals surface area contributed by atoms with Gasteiger partial charge in [0.1, 0.15) is 0 Å². The Hall–Kier alpha value is -1.05. The van der Waals surface area contributed by atoms with Gasteiger partial charge in [-0.2, -0.15) is 0 Å². The van der Waals surface area contributed by atoms with Crippen LogP contribution in [0.3, 0.4) is 0 Å². The van der Waals surface area contributed by atoms with E-state index in [1.807, 2.05) is 4.68 Å². The second kappa shape index (κ2) is 6.45. The van der Waals surface area contributed by atoms with Crippen LogP contribution in [0.2, 0.25) is 0 Å². The van der Waals surface area contributed by atoms with Crippen molar-refractivity contribution in [1.82, 2.24) is 25.5 Å². The van der Waals surface area contributed by atoms with Crippen LogP contribution < -0.4 is 5.32 Å². The van der Waals surface area contributed by atoms with Crippen LogP contribution in [0, 0.1) is 5.41 Å². The monoisotopic (exact) mass is 323 g/mol. The number of nitrogens with zero attached hydrogens (tertiary/aromatic N) is 4. The van der Waals surface area contributed by atoms with E-state index >= 15 is 0 Å². The molecule has 1 aliphatic carbocycles. The molecule has 23 heavy (non-hydrogen) atoms. The van der Waals surface area contributed by atoms with Gasteiger partial charge >= 0.3 is 0 Å². The van der Waals surface area contributed by atoms with E-state index in [9.17, 15) is 5.11 Å². The molecule has 2 heterocycles. The maximum absolute atomic E-state index is 9.97. The zero-order valence-electron chi connectivity index (χ0n) is 14.5. The summed E-state index contributed by atoms with van der Waals surface area (Å²) in [6.45, 7) is 7.90. The molecule has 0 amide bonds. The quantitative estimate of drug-likeness (QED) is 0.819. The van der Waals surface area contributed by atoms with Crippen LogP contribution in [0.15, 0.2) is 0 Å². The average molecular weight is 323 g/mol. The largest absolute Gasteiger partial charge is 0.396 e. The summed E-state index contributed by atoms with van der Waals surface area (Å²) in [7, 11) is 0. The molecule has 1 aromatic rings. The second-order valence-corrected chi connectivity index (χ2v) is 7.96. The van der Waals surface area contributed by atoms with Crippen LogP contribution in [0.5, 0.6) is 0 Å². The summed E-state index contributed by atoms with van der Waals surface area (Å²) in [4.78, 5) is 0. The smallest absolute Gasteiger partial charge is 0.165 e. The molecule has 0 bridgehead atoms. The summed E-state index contributed by atoms with van der Waals surface area (Å²) < 4.78 is 7.79. The van der Waals surface area contributed by atoms with Gasteiger partial charge in [-0.15, -0.1) is 5.10 Å². The highest BCUT2D eigenvalue weighted by Crippen LogP contribution is 2.46. The van der Waals surface area contributed by atoms with Gasteiger partial charge in [0.2, 0.25) is 0 Å². The second-order valence-electron chi connectivity index (χ2n) is 7.96. The van der Waals surface area contributed by atoms with Crippen molar-refractivity contribution in [1.29, 1.82) is 0 Å². The molecule has 2 aliphatic rings. The predicted molar refractivity (Wildman–Crippen MR) is 85.8 cm³/mol. The van der Waals surface area contributed by atoms with Crippen molar-refractivity contribution >= 4 is 0 Å². The molecule has 0 radical (unpaired) electrons. The van der Waals surface area contributed by atoms with Crippen molar-refractivity contribution in [2.75, 3.05) is 13.2 Å². The molecule has 1 aromatic heterocycles. The minimum absolute atomic E-state index is 0.0466. The summed E-state index contributed by atoms with van der Waals surface area (Å²) in [5.74, 6) is 0.827. The van der Waals surface area contributed by atoms with Gasteiger partial charge in [-0.05, 0) is 56.9 Å². The first-order valence-corrected chi connectivity index (χ1v) is 8.70. The normalized spacial score (nSPS) is 25.3. The molecule has 1 saturated carbocycles. The maximum Gasteiger partial charge on any atom is 0.165 e. The topological polar surface area (TPSA) is 85.1 Å². The number of tetrazole rings is 1. The molecule has 3 rings (SSSR count). The molecule has 0 spiro atoms. The maximum atomic E-state index is 9.97. The molecule has 1 aliphatic heterocycles. The number of aromatic nitrogens is 4. The molecule has 7 heteroatoms. The van der Waals surface area contributed by atoms with E-state index in [-0.39, 0.29) is 29.7 Å². The van der Waals surface area contributed by atoms with Gasteiger partial charge in [0.05, 0.1) is 24.8 Å². The molecule has 2 unspecified atom stereocenters. The molecule has 130 valence electrons. The highest BCUT2D eigenvalue weighted by Gasteiger charge is 2.48. The minimum atomic E-state index is -0.148. The summed E-state index contributed by atoms with van der Waals surface area (Å²) in [5.41, 5.74) is -0.194. The fraction of sp³-hybridized carbons (Fsp3) is 0.938. The number of nitrogens with one attached hydrogen (secondary N) is 1. The van der Waals surface area contributed by atoms with Gasteiger partial charge < -0.3 is 15.2 Å². The Morgan fingerprint density at radius 2 is 2.17 bits per heavy atom. The van der Waals surface area contributed by atoms with Gasteiger partial charge in [-0.1, -0.05) is 6.42 Å². The Labute approximate surface area is 137 Å². The summed E-state index contributed by atoms with van der Waals surface area (Å²) in [6.07, 6.45) is 5.65.